The van der Waals surface area contributed by atoms with Crippen LogP contribution in [0, 0.1) is 0 Å². The quantitative estimate of drug-likeness (QED) is 0.898. The Labute approximate surface area is 118 Å². The molecule has 4 heteroatoms. The van der Waals surface area contributed by atoms with E-state index in [1.807, 2.05) is 37.3 Å². The molecule has 2 aromatic rings. The summed E-state index contributed by atoms with van der Waals surface area (Å²) in [5.74, 6) is -0.827. The number of carboxylic acids is 1. The van der Waals surface area contributed by atoms with Crippen LogP contribution in [-0.4, -0.2) is 17.0 Å². The molecule has 2 aromatic carbocycles. The van der Waals surface area contributed by atoms with Crippen molar-refractivity contribution in [3.8, 4) is 0 Å². The van der Waals surface area contributed by atoms with Crippen LogP contribution in [0.15, 0.2) is 60.7 Å². The van der Waals surface area contributed by atoms with Gasteiger partial charge in [-0.25, -0.2) is 4.79 Å². The molecule has 0 heterocycles. The maximum Gasteiger partial charge on any atom is 0.335 e. The highest BCUT2D eigenvalue weighted by Gasteiger charge is 1.96. The first-order valence-electron chi connectivity index (χ1n) is 6.26. The van der Waals surface area contributed by atoms with Crippen LogP contribution in [-0.2, 0) is 4.79 Å². The normalized spacial score (nSPS) is 9.05. The zero-order valence-electron chi connectivity index (χ0n) is 11.2. The van der Waals surface area contributed by atoms with Crippen molar-refractivity contribution in [2.24, 2.45) is 0 Å². The van der Waals surface area contributed by atoms with Crippen LogP contribution in [0.2, 0.25) is 0 Å². The smallest absolute Gasteiger partial charge is 0.335 e. The van der Waals surface area contributed by atoms with Gasteiger partial charge in [0.1, 0.15) is 0 Å². The van der Waals surface area contributed by atoms with Gasteiger partial charge in [0.2, 0.25) is 5.91 Å². The SMILES string of the molecule is CCC(=O)Nc1ccccc1.O=C(O)c1ccccc1. The van der Waals surface area contributed by atoms with Gasteiger partial charge in [0.15, 0.2) is 0 Å². The van der Waals surface area contributed by atoms with Crippen molar-refractivity contribution in [3.05, 3.63) is 66.2 Å². The lowest BCUT2D eigenvalue weighted by atomic mass is 10.2. The van der Waals surface area contributed by atoms with E-state index in [4.69, 9.17) is 5.11 Å². The van der Waals surface area contributed by atoms with Crippen LogP contribution in [0.5, 0.6) is 0 Å². The minimum atomic E-state index is -0.879. The van der Waals surface area contributed by atoms with Crippen LogP contribution in [0.3, 0.4) is 0 Å². The molecule has 2 N–H and O–H groups in total. The molecule has 0 atom stereocenters. The Bertz CT molecular complexity index is 538. The van der Waals surface area contributed by atoms with Crippen molar-refractivity contribution >= 4 is 17.6 Å². The second-order valence-electron chi connectivity index (χ2n) is 3.94. The third-order valence-corrected chi connectivity index (χ3v) is 2.40. The summed E-state index contributed by atoms with van der Waals surface area (Å²) in [6, 6.07) is 17.7. The summed E-state index contributed by atoms with van der Waals surface area (Å²) in [6.07, 6.45) is 0.523. The summed E-state index contributed by atoms with van der Waals surface area (Å²) in [7, 11) is 0. The Kier molecular flexibility index (Phi) is 6.54. The minimum absolute atomic E-state index is 0.0520. The minimum Gasteiger partial charge on any atom is -0.478 e. The van der Waals surface area contributed by atoms with E-state index in [2.05, 4.69) is 5.32 Å². The van der Waals surface area contributed by atoms with Gasteiger partial charge in [-0.2, -0.15) is 0 Å². The first-order valence-corrected chi connectivity index (χ1v) is 6.26. The molecule has 1 amide bonds. The van der Waals surface area contributed by atoms with Crippen molar-refractivity contribution in [3.63, 3.8) is 0 Å². The molecule has 0 saturated heterocycles. The monoisotopic (exact) mass is 271 g/mol. The molecule has 0 aliphatic rings. The Morgan fingerprint density at radius 1 is 0.950 bits per heavy atom. The van der Waals surface area contributed by atoms with E-state index in [-0.39, 0.29) is 5.91 Å². The van der Waals surface area contributed by atoms with Crippen molar-refractivity contribution < 1.29 is 14.7 Å². The fraction of sp³-hybridized carbons (Fsp3) is 0.125. The maximum atomic E-state index is 10.9. The number of nitrogens with one attached hydrogen (secondary N) is 1. The van der Waals surface area contributed by atoms with Crippen LogP contribution in [0.4, 0.5) is 5.69 Å². The van der Waals surface area contributed by atoms with Crippen LogP contribution >= 0.6 is 0 Å². The summed E-state index contributed by atoms with van der Waals surface area (Å²) in [5, 5.41) is 11.1. The van der Waals surface area contributed by atoms with E-state index in [0.717, 1.165) is 5.69 Å². The summed E-state index contributed by atoms with van der Waals surface area (Å²) in [4.78, 5) is 21.1. The van der Waals surface area contributed by atoms with Gasteiger partial charge >= 0.3 is 5.97 Å². The molecule has 104 valence electrons. The summed E-state index contributed by atoms with van der Waals surface area (Å²) < 4.78 is 0. The number of hydrogen-bond donors (Lipinski definition) is 2. The van der Waals surface area contributed by atoms with Crippen molar-refractivity contribution in [1.29, 1.82) is 0 Å². The number of carboxylic acid groups (broad SMARTS) is 1. The molecule has 0 spiro atoms. The first-order chi connectivity index (χ1) is 9.63. The maximum absolute atomic E-state index is 10.9. The molecule has 0 radical (unpaired) electrons. The summed E-state index contributed by atoms with van der Waals surface area (Å²) in [5.41, 5.74) is 1.19. The second kappa shape index (κ2) is 8.48. The summed E-state index contributed by atoms with van der Waals surface area (Å²) >= 11 is 0. The molecule has 0 bridgehead atoms. The van der Waals surface area contributed by atoms with Crippen molar-refractivity contribution in [2.45, 2.75) is 13.3 Å². The molecular weight excluding hydrogens is 254 g/mol. The number of para-hydroxylation sites is 1. The fourth-order valence-electron chi connectivity index (χ4n) is 1.35. The zero-order valence-corrected chi connectivity index (χ0v) is 11.2. The molecule has 4 nitrogen and oxygen atoms in total. The Morgan fingerprint density at radius 2 is 1.45 bits per heavy atom. The highest BCUT2D eigenvalue weighted by atomic mass is 16.4. The van der Waals surface area contributed by atoms with Crippen LogP contribution in [0.1, 0.15) is 23.7 Å². The fourth-order valence-corrected chi connectivity index (χ4v) is 1.35. The lowest BCUT2D eigenvalue weighted by molar-refractivity contribution is -0.115. The highest BCUT2D eigenvalue weighted by molar-refractivity contribution is 5.90. The average molecular weight is 271 g/mol. The van der Waals surface area contributed by atoms with E-state index in [1.54, 1.807) is 30.3 Å². The van der Waals surface area contributed by atoms with Gasteiger partial charge in [0.25, 0.3) is 0 Å². The standard InChI is InChI=1S/C9H11NO.C7H6O2/c1-2-9(11)10-8-6-4-3-5-7-8;8-7(9)6-4-2-1-3-5-6/h3-7H,2H2,1H3,(H,10,11);1-5H,(H,8,9). The molecule has 2 rings (SSSR count). The number of benzene rings is 2. The predicted octanol–water partition coefficient (Wildman–Crippen LogP) is 3.42. The van der Waals surface area contributed by atoms with Gasteiger partial charge < -0.3 is 10.4 Å². The number of aromatic carboxylic acids is 1. The second-order valence-corrected chi connectivity index (χ2v) is 3.94. The first kappa shape index (κ1) is 15.4. The van der Waals surface area contributed by atoms with Gasteiger partial charge in [-0.1, -0.05) is 43.3 Å². The molecular formula is C16H17NO3. The van der Waals surface area contributed by atoms with E-state index >= 15 is 0 Å². The predicted molar refractivity (Wildman–Crippen MR) is 78.8 cm³/mol. The molecule has 0 aliphatic heterocycles. The number of hydrogen-bond acceptors (Lipinski definition) is 2. The van der Waals surface area contributed by atoms with Crippen LogP contribution in [0.25, 0.3) is 0 Å². The van der Waals surface area contributed by atoms with Crippen molar-refractivity contribution in [2.75, 3.05) is 5.32 Å². The molecule has 20 heavy (non-hydrogen) atoms. The van der Waals surface area contributed by atoms with Crippen molar-refractivity contribution in [1.82, 2.24) is 0 Å². The van der Waals surface area contributed by atoms with E-state index < -0.39 is 5.97 Å². The van der Waals surface area contributed by atoms with Gasteiger partial charge in [-0.15, -0.1) is 0 Å². The molecule has 0 fully saturated rings. The molecule has 0 saturated carbocycles. The third-order valence-electron chi connectivity index (χ3n) is 2.40. The Balaban J connectivity index is 0.000000204. The van der Waals surface area contributed by atoms with Gasteiger partial charge in [0, 0.05) is 12.1 Å². The molecule has 0 aromatic heterocycles. The number of amides is 1. The Morgan fingerprint density at radius 3 is 1.85 bits per heavy atom. The van der Waals surface area contributed by atoms with Gasteiger partial charge in [-0.05, 0) is 24.3 Å². The summed E-state index contributed by atoms with van der Waals surface area (Å²) in [6.45, 7) is 1.83. The molecule has 0 unspecified atom stereocenters. The van der Waals surface area contributed by atoms with E-state index in [9.17, 15) is 9.59 Å². The third kappa shape index (κ3) is 5.82. The van der Waals surface area contributed by atoms with Gasteiger partial charge in [0.05, 0.1) is 5.56 Å². The Hall–Kier alpha value is -2.62. The van der Waals surface area contributed by atoms with Crippen LogP contribution < -0.4 is 5.32 Å². The molecule has 0 aliphatic carbocycles. The average Bonchev–Trinajstić information content (AvgIpc) is 2.49. The zero-order chi connectivity index (χ0) is 14.8. The largest absolute Gasteiger partial charge is 0.478 e. The van der Waals surface area contributed by atoms with E-state index in [0.29, 0.717) is 12.0 Å². The van der Waals surface area contributed by atoms with Gasteiger partial charge in [-0.3, -0.25) is 4.79 Å². The highest BCUT2D eigenvalue weighted by Crippen LogP contribution is 2.04. The lowest BCUT2D eigenvalue weighted by Gasteiger charge is -2.00. The number of carbonyl (C=O) groups excluding carboxylic acids is 1. The lowest BCUT2D eigenvalue weighted by Crippen LogP contribution is -2.08. The number of anilines is 1. The topological polar surface area (TPSA) is 66.4 Å². The number of rotatable bonds is 3. The van der Waals surface area contributed by atoms with E-state index in [1.165, 1.54) is 0 Å². The number of carbonyl (C=O) groups is 2.